The first-order chi connectivity index (χ1) is 17.7. The van der Waals surface area contributed by atoms with Gasteiger partial charge in [0.1, 0.15) is 0 Å². The van der Waals surface area contributed by atoms with Crippen molar-refractivity contribution < 1.29 is 10.0 Å². The number of benzene rings is 5. The third kappa shape index (κ3) is 3.13. The molecule has 0 saturated heterocycles. The van der Waals surface area contributed by atoms with E-state index in [4.69, 9.17) is 9.97 Å². The first-order valence-electron chi connectivity index (χ1n) is 11.8. The second-order valence-electron chi connectivity index (χ2n) is 8.92. The summed E-state index contributed by atoms with van der Waals surface area (Å²) < 4.78 is 2.03. The molecule has 5 aromatic carbocycles. The molecule has 0 radical (unpaired) electrons. The Labute approximate surface area is 207 Å². The molecule has 0 fully saturated rings. The van der Waals surface area contributed by atoms with E-state index in [1.165, 1.54) is 0 Å². The molecule has 5 nitrogen and oxygen atoms in total. The molecule has 6 heteroatoms. The second kappa shape index (κ2) is 8.02. The molecule has 0 saturated carbocycles. The minimum absolute atomic E-state index is 0.417. The van der Waals surface area contributed by atoms with E-state index in [0.29, 0.717) is 11.4 Å². The van der Waals surface area contributed by atoms with E-state index >= 15 is 0 Å². The smallest absolute Gasteiger partial charge is 0.423 e. The lowest BCUT2D eigenvalue weighted by molar-refractivity contribution is 0.426. The van der Waals surface area contributed by atoms with Crippen LogP contribution in [0.5, 0.6) is 0 Å². The fraction of sp³-hybridized carbons (Fsp3) is 0. The zero-order valence-corrected chi connectivity index (χ0v) is 19.2. The topological polar surface area (TPSA) is 71.2 Å². The van der Waals surface area contributed by atoms with Crippen molar-refractivity contribution in [2.24, 2.45) is 0 Å². The van der Waals surface area contributed by atoms with Gasteiger partial charge in [-0.2, -0.15) is 0 Å². The van der Waals surface area contributed by atoms with Gasteiger partial charge >= 0.3 is 7.12 Å². The van der Waals surface area contributed by atoms with Gasteiger partial charge in [-0.3, -0.25) is 4.57 Å². The van der Waals surface area contributed by atoms with Gasteiger partial charge in [0.15, 0.2) is 0 Å². The summed E-state index contributed by atoms with van der Waals surface area (Å²) in [5.74, 6) is 0.535. The maximum atomic E-state index is 9.94. The van der Waals surface area contributed by atoms with E-state index in [1.54, 1.807) is 6.07 Å². The number of hydrogen-bond acceptors (Lipinski definition) is 4. The number of aromatic nitrogens is 3. The van der Waals surface area contributed by atoms with Crippen molar-refractivity contribution in [2.75, 3.05) is 0 Å². The minimum atomic E-state index is -1.57. The van der Waals surface area contributed by atoms with Gasteiger partial charge in [-0.25, -0.2) is 9.97 Å². The van der Waals surface area contributed by atoms with Gasteiger partial charge in [0, 0.05) is 21.7 Å². The second-order valence-corrected chi connectivity index (χ2v) is 8.92. The maximum Gasteiger partial charge on any atom is 0.488 e. The van der Waals surface area contributed by atoms with Gasteiger partial charge in [-0.05, 0) is 34.4 Å². The molecule has 2 N–H and O–H groups in total. The Morgan fingerprint density at radius 3 is 2.19 bits per heavy atom. The summed E-state index contributed by atoms with van der Waals surface area (Å²) in [4.78, 5) is 10.1. The molecule has 0 spiro atoms. The van der Waals surface area contributed by atoms with Crippen molar-refractivity contribution in [1.82, 2.24) is 14.5 Å². The quantitative estimate of drug-likeness (QED) is 0.351. The van der Waals surface area contributed by atoms with Crippen LogP contribution in [-0.2, 0) is 0 Å². The summed E-state index contributed by atoms with van der Waals surface area (Å²) in [6, 6.07) is 36.2. The maximum absolute atomic E-state index is 9.94. The fourth-order valence-corrected chi connectivity index (χ4v) is 5.16. The Kier molecular flexibility index (Phi) is 4.64. The summed E-state index contributed by atoms with van der Waals surface area (Å²) in [7, 11) is -1.57. The molecule has 36 heavy (non-hydrogen) atoms. The van der Waals surface area contributed by atoms with E-state index in [-0.39, 0.29) is 0 Å². The number of rotatable bonds is 3. The molecule has 7 aromatic rings. The summed E-state index contributed by atoms with van der Waals surface area (Å²) in [6.45, 7) is 0. The Morgan fingerprint density at radius 1 is 0.611 bits per heavy atom. The zero-order valence-electron chi connectivity index (χ0n) is 19.2. The van der Waals surface area contributed by atoms with Gasteiger partial charge in [0.2, 0.25) is 5.95 Å². The molecule has 0 aliphatic carbocycles. The van der Waals surface area contributed by atoms with Crippen LogP contribution in [0, 0.1) is 0 Å². The summed E-state index contributed by atoms with van der Waals surface area (Å²) in [5.41, 5.74) is 4.90. The third-order valence-corrected chi connectivity index (χ3v) is 6.82. The van der Waals surface area contributed by atoms with E-state index in [0.717, 1.165) is 54.7 Å². The zero-order chi connectivity index (χ0) is 24.2. The lowest BCUT2D eigenvalue weighted by atomic mass is 9.80. The first-order valence-corrected chi connectivity index (χ1v) is 11.8. The minimum Gasteiger partial charge on any atom is -0.423 e. The Balaban J connectivity index is 1.65. The highest BCUT2D eigenvalue weighted by atomic mass is 16.4. The molecule has 0 aliphatic heterocycles. The molecule has 2 heterocycles. The van der Waals surface area contributed by atoms with Crippen LogP contribution in [-0.4, -0.2) is 31.7 Å². The highest BCUT2D eigenvalue weighted by Crippen LogP contribution is 2.37. The van der Waals surface area contributed by atoms with Gasteiger partial charge in [0.05, 0.1) is 22.2 Å². The van der Waals surface area contributed by atoms with Gasteiger partial charge in [0.25, 0.3) is 0 Å². The molecule has 0 bridgehead atoms. The standard InChI is InChI=1S/C30H20BN3O2/c35-31(36)21-15-16-24-27(18-21)34(26-17-14-19-8-4-5-11-22(19)28(24)26)30-32-25-13-7-6-12-23(25)29(33-30)20-9-2-1-3-10-20/h1-18,35-36H. The van der Waals surface area contributed by atoms with Crippen LogP contribution in [0.25, 0.3) is 60.7 Å². The summed E-state index contributed by atoms with van der Waals surface area (Å²) >= 11 is 0. The summed E-state index contributed by atoms with van der Waals surface area (Å²) in [5, 5.41) is 25.2. The Morgan fingerprint density at radius 2 is 1.36 bits per heavy atom. The largest absolute Gasteiger partial charge is 0.488 e. The van der Waals surface area contributed by atoms with E-state index in [2.05, 4.69) is 36.4 Å². The number of para-hydroxylation sites is 1. The van der Waals surface area contributed by atoms with Crippen molar-refractivity contribution in [1.29, 1.82) is 0 Å². The van der Waals surface area contributed by atoms with Crippen LogP contribution in [0.2, 0.25) is 0 Å². The molecular weight excluding hydrogens is 445 g/mol. The van der Waals surface area contributed by atoms with Crippen molar-refractivity contribution in [3.8, 4) is 17.2 Å². The molecular formula is C30H20BN3O2. The Hall–Kier alpha value is -4.52. The SMILES string of the molecule is OB(O)c1ccc2c3c4ccccc4ccc3n(-c3nc(-c4ccccc4)c4ccccc4n3)c2c1. The lowest BCUT2D eigenvalue weighted by Crippen LogP contribution is -2.29. The van der Waals surface area contributed by atoms with Gasteiger partial charge in [-0.1, -0.05) is 91.0 Å². The predicted octanol–water partition coefficient (Wildman–Crippen LogP) is 5.23. The average molecular weight is 465 g/mol. The fourth-order valence-electron chi connectivity index (χ4n) is 5.16. The van der Waals surface area contributed by atoms with Crippen molar-refractivity contribution in [2.45, 2.75) is 0 Å². The van der Waals surface area contributed by atoms with Crippen molar-refractivity contribution in [3.63, 3.8) is 0 Å². The molecule has 2 aromatic heterocycles. The molecule has 0 amide bonds. The molecule has 0 aliphatic rings. The number of hydrogen-bond donors (Lipinski definition) is 2. The third-order valence-electron chi connectivity index (χ3n) is 6.82. The average Bonchev–Trinajstić information content (AvgIpc) is 3.27. The number of fused-ring (bicyclic) bond motifs is 6. The Bertz CT molecular complexity index is 1930. The van der Waals surface area contributed by atoms with Crippen LogP contribution in [0.15, 0.2) is 109 Å². The van der Waals surface area contributed by atoms with Crippen molar-refractivity contribution in [3.05, 3.63) is 109 Å². The van der Waals surface area contributed by atoms with Crippen LogP contribution in [0.4, 0.5) is 0 Å². The molecule has 7 rings (SSSR count). The van der Waals surface area contributed by atoms with Gasteiger partial charge < -0.3 is 10.0 Å². The van der Waals surface area contributed by atoms with E-state index in [1.807, 2.05) is 71.3 Å². The highest BCUT2D eigenvalue weighted by Gasteiger charge is 2.20. The van der Waals surface area contributed by atoms with Crippen LogP contribution in [0.1, 0.15) is 0 Å². The normalized spacial score (nSPS) is 11.6. The number of nitrogens with zero attached hydrogens (tertiary/aromatic N) is 3. The van der Waals surface area contributed by atoms with Gasteiger partial charge in [-0.15, -0.1) is 0 Å². The van der Waals surface area contributed by atoms with Crippen LogP contribution < -0.4 is 5.46 Å². The lowest BCUT2D eigenvalue weighted by Gasteiger charge is -2.12. The van der Waals surface area contributed by atoms with Crippen LogP contribution >= 0.6 is 0 Å². The monoisotopic (exact) mass is 465 g/mol. The van der Waals surface area contributed by atoms with E-state index < -0.39 is 7.12 Å². The molecule has 0 atom stereocenters. The predicted molar refractivity (Wildman–Crippen MR) is 147 cm³/mol. The molecule has 0 unspecified atom stereocenters. The molecule has 170 valence electrons. The van der Waals surface area contributed by atoms with Crippen molar-refractivity contribution >= 4 is 56.1 Å². The highest BCUT2D eigenvalue weighted by molar-refractivity contribution is 6.59. The first kappa shape index (κ1) is 20.8. The van der Waals surface area contributed by atoms with Crippen LogP contribution in [0.3, 0.4) is 0 Å². The summed E-state index contributed by atoms with van der Waals surface area (Å²) in [6.07, 6.45) is 0. The van der Waals surface area contributed by atoms with E-state index in [9.17, 15) is 10.0 Å².